The molecule has 0 heterocycles. The molecule has 0 aliphatic carbocycles. The lowest BCUT2D eigenvalue weighted by molar-refractivity contribution is 0.104. The second-order valence-electron chi connectivity index (χ2n) is 3.90. The molecule has 0 saturated carbocycles. The topological polar surface area (TPSA) is 43.1 Å². The predicted molar refractivity (Wildman–Crippen MR) is 85.8 cm³/mol. The molecule has 0 fully saturated rings. The summed E-state index contributed by atoms with van der Waals surface area (Å²) in [5.74, 6) is -0.451. The molecule has 0 spiro atoms. The van der Waals surface area contributed by atoms with Crippen molar-refractivity contribution in [1.82, 2.24) is 0 Å². The minimum absolute atomic E-state index is 0.0106. The number of carbonyl (C=O) groups is 1. The van der Waals surface area contributed by atoms with Crippen molar-refractivity contribution in [2.24, 2.45) is 0 Å². The highest BCUT2D eigenvalue weighted by molar-refractivity contribution is 6.51. The molecule has 104 valence electrons. The zero-order valence-electron chi connectivity index (χ0n) is 9.68. The summed E-state index contributed by atoms with van der Waals surface area (Å²) in [5, 5.41) is 0.744. The van der Waals surface area contributed by atoms with Gasteiger partial charge in [0.1, 0.15) is 0 Å². The van der Waals surface area contributed by atoms with Crippen LogP contribution in [0.15, 0.2) is 24.3 Å². The van der Waals surface area contributed by atoms with Crippen molar-refractivity contribution in [2.75, 3.05) is 5.73 Å². The Morgan fingerprint density at radius 1 is 0.900 bits per heavy atom. The van der Waals surface area contributed by atoms with E-state index in [0.29, 0.717) is 5.02 Å². The number of anilines is 1. The molecule has 0 aliphatic heterocycles. The van der Waals surface area contributed by atoms with Gasteiger partial charge in [0, 0.05) is 16.3 Å². The largest absolute Gasteiger partial charge is 0.398 e. The maximum absolute atomic E-state index is 12.5. The van der Waals surface area contributed by atoms with Crippen LogP contribution >= 0.6 is 58.0 Å². The van der Waals surface area contributed by atoms with Crippen molar-refractivity contribution in [3.05, 3.63) is 60.5 Å². The number of benzene rings is 2. The van der Waals surface area contributed by atoms with E-state index in [1.807, 2.05) is 0 Å². The normalized spacial score (nSPS) is 10.7. The lowest BCUT2D eigenvalue weighted by Crippen LogP contribution is -2.07. The van der Waals surface area contributed by atoms with E-state index in [-0.39, 0.29) is 36.9 Å². The monoisotopic (exact) mass is 367 g/mol. The fourth-order valence-corrected chi connectivity index (χ4v) is 2.91. The zero-order valence-corrected chi connectivity index (χ0v) is 13.5. The molecule has 0 aliphatic rings. The number of hydrogen-bond acceptors (Lipinski definition) is 2. The average Bonchev–Trinajstić information content (AvgIpc) is 2.36. The van der Waals surface area contributed by atoms with Gasteiger partial charge in [-0.05, 0) is 24.3 Å². The third-order valence-electron chi connectivity index (χ3n) is 2.60. The standard InChI is InChI=1S/C13H6Cl5NO/c14-5-1-2-6(9(19)3-5)13(20)10-7(15)4-8(16)11(17)12(10)18/h1-4H,19H2. The molecule has 2 aromatic rings. The van der Waals surface area contributed by atoms with Crippen molar-refractivity contribution in [1.29, 1.82) is 0 Å². The Hall–Kier alpha value is -0.640. The Morgan fingerprint density at radius 2 is 1.55 bits per heavy atom. The van der Waals surface area contributed by atoms with Gasteiger partial charge in [0.15, 0.2) is 5.78 Å². The second kappa shape index (κ2) is 6.00. The lowest BCUT2D eigenvalue weighted by Gasteiger charge is -2.11. The van der Waals surface area contributed by atoms with Gasteiger partial charge < -0.3 is 5.73 Å². The Morgan fingerprint density at radius 3 is 2.15 bits per heavy atom. The third-order valence-corrected chi connectivity index (χ3v) is 4.39. The summed E-state index contributed by atoms with van der Waals surface area (Å²) < 4.78 is 0. The fourth-order valence-electron chi connectivity index (χ4n) is 1.65. The fraction of sp³-hybridized carbons (Fsp3) is 0. The first-order chi connectivity index (χ1) is 9.32. The molecule has 0 radical (unpaired) electrons. The van der Waals surface area contributed by atoms with Crippen LogP contribution in [-0.4, -0.2) is 5.78 Å². The van der Waals surface area contributed by atoms with Crippen LogP contribution in [0.2, 0.25) is 25.1 Å². The van der Waals surface area contributed by atoms with Crippen LogP contribution in [0.4, 0.5) is 5.69 Å². The highest BCUT2D eigenvalue weighted by atomic mass is 35.5. The highest BCUT2D eigenvalue weighted by Crippen LogP contribution is 2.39. The highest BCUT2D eigenvalue weighted by Gasteiger charge is 2.22. The first-order valence-corrected chi connectivity index (χ1v) is 7.14. The Labute approximate surface area is 140 Å². The van der Waals surface area contributed by atoms with Crippen LogP contribution in [0.5, 0.6) is 0 Å². The minimum atomic E-state index is -0.451. The van der Waals surface area contributed by atoms with Crippen molar-refractivity contribution in [2.45, 2.75) is 0 Å². The molecule has 0 unspecified atom stereocenters. The number of hydrogen-bond donors (Lipinski definition) is 1. The van der Waals surface area contributed by atoms with Crippen LogP contribution < -0.4 is 5.73 Å². The summed E-state index contributed by atoms with van der Waals surface area (Å²) >= 11 is 29.6. The van der Waals surface area contributed by atoms with E-state index in [0.717, 1.165) is 0 Å². The van der Waals surface area contributed by atoms with Gasteiger partial charge in [-0.2, -0.15) is 0 Å². The van der Waals surface area contributed by atoms with Crippen LogP contribution in [-0.2, 0) is 0 Å². The van der Waals surface area contributed by atoms with E-state index >= 15 is 0 Å². The third kappa shape index (κ3) is 2.85. The van der Waals surface area contributed by atoms with Gasteiger partial charge in [-0.3, -0.25) is 4.79 Å². The van der Waals surface area contributed by atoms with E-state index in [9.17, 15) is 4.79 Å². The van der Waals surface area contributed by atoms with Crippen LogP contribution in [0, 0.1) is 0 Å². The molecule has 2 rings (SSSR count). The van der Waals surface area contributed by atoms with E-state index in [2.05, 4.69) is 0 Å². The molecular weight excluding hydrogens is 363 g/mol. The molecule has 0 atom stereocenters. The first kappa shape index (κ1) is 15.7. The number of rotatable bonds is 2. The Kier molecular flexibility index (Phi) is 4.73. The molecule has 0 aromatic heterocycles. The molecule has 2 aromatic carbocycles. The maximum atomic E-state index is 12.5. The molecule has 0 amide bonds. The maximum Gasteiger partial charge on any atom is 0.198 e. The summed E-state index contributed by atoms with van der Waals surface area (Å²) in [6, 6.07) is 5.87. The molecule has 0 bridgehead atoms. The van der Waals surface area contributed by atoms with Crippen molar-refractivity contribution in [3.63, 3.8) is 0 Å². The van der Waals surface area contributed by atoms with Gasteiger partial charge in [-0.15, -0.1) is 0 Å². The molecule has 2 N–H and O–H groups in total. The number of nitrogen functional groups attached to an aromatic ring is 1. The van der Waals surface area contributed by atoms with Gasteiger partial charge >= 0.3 is 0 Å². The molecular formula is C13H6Cl5NO. The smallest absolute Gasteiger partial charge is 0.198 e. The van der Waals surface area contributed by atoms with Gasteiger partial charge in [0.2, 0.25) is 0 Å². The van der Waals surface area contributed by atoms with Crippen LogP contribution in [0.25, 0.3) is 0 Å². The van der Waals surface area contributed by atoms with E-state index < -0.39 is 5.78 Å². The van der Waals surface area contributed by atoms with Crippen LogP contribution in [0.1, 0.15) is 15.9 Å². The van der Waals surface area contributed by atoms with Crippen molar-refractivity contribution < 1.29 is 4.79 Å². The Bertz CT molecular complexity index is 714. The SMILES string of the molecule is Nc1cc(Cl)ccc1C(=O)c1c(Cl)cc(Cl)c(Cl)c1Cl. The lowest BCUT2D eigenvalue weighted by atomic mass is 10.0. The molecule has 0 saturated heterocycles. The van der Waals surface area contributed by atoms with Gasteiger partial charge in [0.05, 0.1) is 25.7 Å². The summed E-state index contributed by atoms with van der Waals surface area (Å²) in [7, 11) is 0. The minimum Gasteiger partial charge on any atom is -0.398 e. The second-order valence-corrected chi connectivity index (χ2v) is 5.91. The van der Waals surface area contributed by atoms with Gasteiger partial charge in [0.25, 0.3) is 0 Å². The summed E-state index contributed by atoms with van der Waals surface area (Å²) in [6.45, 7) is 0. The van der Waals surface area contributed by atoms with Gasteiger partial charge in [-0.1, -0.05) is 58.0 Å². The van der Waals surface area contributed by atoms with E-state index in [1.54, 1.807) is 6.07 Å². The predicted octanol–water partition coefficient (Wildman–Crippen LogP) is 5.77. The van der Waals surface area contributed by atoms with Gasteiger partial charge in [-0.25, -0.2) is 0 Å². The van der Waals surface area contributed by atoms with Crippen LogP contribution in [0.3, 0.4) is 0 Å². The summed E-state index contributed by atoms with van der Waals surface area (Å²) in [5.41, 5.74) is 6.29. The number of ketones is 1. The Balaban J connectivity index is 2.63. The zero-order chi connectivity index (χ0) is 15.0. The molecule has 20 heavy (non-hydrogen) atoms. The first-order valence-electron chi connectivity index (χ1n) is 5.25. The number of halogens is 5. The number of nitrogens with two attached hydrogens (primary N) is 1. The summed E-state index contributed by atoms with van der Waals surface area (Å²) in [6.07, 6.45) is 0. The molecule has 2 nitrogen and oxygen atoms in total. The average molecular weight is 369 g/mol. The van der Waals surface area contributed by atoms with Crippen molar-refractivity contribution >= 4 is 69.5 Å². The van der Waals surface area contributed by atoms with Crippen molar-refractivity contribution in [3.8, 4) is 0 Å². The molecule has 7 heteroatoms. The van der Waals surface area contributed by atoms with E-state index in [1.165, 1.54) is 18.2 Å². The summed E-state index contributed by atoms with van der Waals surface area (Å²) in [4.78, 5) is 12.5. The van der Waals surface area contributed by atoms with E-state index in [4.69, 9.17) is 63.7 Å². The quantitative estimate of drug-likeness (QED) is 0.316. The number of carbonyl (C=O) groups excluding carboxylic acids is 1.